The molecule has 24 heavy (non-hydrogen) atoms. The molecule has 0 radical (unpaired) electrons. The molecule has 3 heterocycles. The summed E-state index contributed by atoms with van der Waals surface area (Å²) in [6.07, 6.45) is 10.5. The van der Waals surface area contributed by atoms with Gasteiger partial charge in [-0.2, -0.15) is 0 Å². The van der Waals surface area contributed by atoms with Crippen LogP contribution in [-0.4, -0.2) is 74.2 Å². The van der Waals surface area contributed by atoms with Crippen LogP contribution < -0.4 is 5.32 Å². The van der Waals surface area contributed by atoms with E-state index in [0.717, 1.165) is 38.5 Å². The van der Waals surface area contributed by atoms with E-state index >= 15 is 0 Å². The highest BCUT2D eigenvalue weighted by molar-refractivity contribution is 5.78. The lowest BCUT2D eigenvalue weighted by atomic mass is 9.97. The summed E-state index contributed by atoms with van der Waals surface area (Å²) in [5, 5.41) is 3.06. The largest absolute Gasteiger partial charge is 0.376 e. The first-order valence-electron chi connectivity index (χ1n) is 10.1. The minimum Gasteiger partial charge on any atom is -0.376 e. The van der Waals surface area contributed by atoms with Gasteiger partial charge < -0.3 is 15.0 Å². The average Bonchev–Trinajstić information content (AvgIpc) is 2.97. The van der Waals surface area contributed by atoms with Crippen molar-refractivity contribution in [3.63, 3.8) is 0 Å². The van der Waals surface area contributed by atoms with Gasteiger partial charge in [0, 0.05) is 26.2 Å². The Labute approximate surface area is 147 Å². The number of likely N-dealkylation sites (tertiary alicyclic amines) is 2. The van der Waals surface area contributed by atoms with Gasteiger partial charge in [-0.3, -0.25) is 9.69 Å². The highest BCUT2D eigenvalue weighted by Crippen LogP contribution is 2.19. The first-order chi connectivity index (χ1) is 11.8. The molecule has 3 rings (SSSR count). The number of hydrogen-bond donors (Lipinski definition) is 1. The molecule has 2 unspecified atom stereocenters. The normalized spacial score (nSPS) is 30.2. The Balaban J connectivity index is 1.35. The average molecular weight is 338 g/mol. The van der Waals surface area contributed by atoms with Crippen molar-refractivity contribution in [2.24, 2.45) is 5.92 Å². The molecule has 0 aromatic carbocycles. The zero-order valence-corrected chi connectivity index (χ0v) is 15.2. The highest BCUT2D eigenvalue weighted by atomic mass is 16.5. The fourth-order valence-corrected chi connectivity index (χ4v) is 4.42. The monoisotopic (exact) mass is 337 g/mol. The van der Waals surface area contributed by atoms with E-state index in [-0.39, 0.29) is 12.0 Å². The van der Waals surface area contributed by atoms with Crippen molar-refractivity contribution in [3.05, 3.63) is 0 Å². The number of carbonyl (C=O) groups excluding carboxylic acids is 1. The molecule has 0 saturated carbocycles. The molecule has 0 aromatic rings. The third-order valence-electron chi connectivity index (χ3n) is 5.74. The summed E-state index contributed by atoms with van der Waals surface area (Å²) in [6.45, 7) is 8.04. The van der Waals surface area contributed by atoms with E-state index in [1.54, 1.807) is 0 Å². The summed E-state index contributed by atoms with van der Waals surface area (Å²) in [5.41, 5.74) is 0. The first kappa shape index (κ1) is 18.2. The Bertz CT molecular complexity index is 377. The van der Waals surface area contributed by atoms with Crippen molar-refractivity contribution in [1.82, 2.24) is 15.1 Å². The number of nitrogens with zero attached hydrogens (tertiary/aromatic N) is 2. The van der Waals surface area contributed by atoms with Crippen molar-refractivity contribution < 1.29 is 9.53 Å². The van der Waals surface area contributed by atoms with Crippen molar-refractivity contribution in [2.45, 2.75) is 57.5 Å². The number of nitrogens with one attached hydrogen (secondary N) is 1. The Morgan fingerprint density at radius 3 is 2.50 bits per heavy atom. The van der Waals surface area contributed by atoms with E-state index in [1.165, 1.54) is 58.2 Å². The summed E-state index contributed by atoms with van der Waals surface area (Å²) < 4.78 is 5.57. The molecule has 0 bridgehead atoms. The Kier molecular flexibility index (Phi) is 7.36. The zero-order chi connectivity index (χ0) is 16.6. The molecule has 0 aliphatic carbocycles. The number of carbonyl (C=O) groups is 1. The van der Waals surface area contributed by atoms with E-state index < -0.39 is 0 Å². The Morgan fingerprint density at radius 2 is 1.75 bits per heavy atom. The van der Waals surface area contributed by atoms with E-state index in [2.05, 4.69) is 15.1 Å². The standard InChI is InChI=1S/C19H35N3O2/c23-19(20-13-18-8-6-12-24-18)16-22-11-5-7-17(15-22)14-21-9-3-1-2-4-10-21/h17-18H,1-16H2,(H,20,23). The van der Waals surface area contributed by atoms with Gasteiger partial charge in [-0.15, -0.1) is 0 Å². The summed E-state index contributed by atoms with van der Waals surface area (Å²) in [7, 11) is 0. The van der Waals surface area contributed by atoms with Crippen LogP contribution in [0.15, 0.2) is 0 Å². The number of hydrogen-bond acceptors (Lipinski definition) is 4. The summed E-state index contributed by atoms with van der Waals surface area (Å²) in [5.74, 6) is 0.906. The lowest BCUT2D eigenvalue weighted by Crippen LogP contribution is -2.46. The molecule has 5 heteroatoms. The Hall–Kier alpha value is -0.650. The number of ether oxygens (including phenoxy) is 1. The predicted molar refractivity (Wildman–Crippen MR) is 96.1 cm³/mol. The SMILES string of the molecule is O=C(CN1CCCC(CN2CCCCCC2)C1)NCC1CCCO1. The van der Waals surface area contributed by atoms with Crippen LogP contribution in [0, 0.1) is 5.92 Å². The number of rotatable bonds is 6. The van der Waals surface area contributed by atoms with Crippen LogP contribution in [0.1, 0.15) is 51.4 Å². The van der Waals surface area contributed by atoms with Crippen LogP contribution in [0.25, 0.3) is 0 Å². The maximum Gasteiger partial charge on any atom is 0.234 e. The van der Waals surface area contributed by atoms with Gasteiger partial charge >= 0.3 is 0 Å². The van der Waals surface area contributed by atoms with Crippen molar-refractivity contribution in [1.29, 1.82) is 0 Å². The van der Waals surface area contributed by atoms with Gasteiger partial charge in [0.05, 0.1) is 12.6 Å². The van der Waals surface area contributed by atoms with Crippen LogP contribution in [0.3, 0.4) is 0 Å². The maximum atomic E-state index is 12.2. The minimum absolute atomic E-state index is 0.168. The van der Waals surface area contributed by atoms with Gasteiger partial charge in [0.25, 0.3) is 0 Å². The fraction of sp³-hybridized carbons (Fsp3) is 0.947. The Morgan fingerprint density at radius 1 is 0.958 bits per heavy atom. The van der Waals surface area contributed by atoms with Crippen LogP contribution in [0.5, 0.6) is 0 Å². The van der Waals surface area contributed by atoms with Gasteiger partial charge in [-0.1, -0.05) is 12.8 Å². The second-order valence-corrected chi connectivity index (χ2v) is 7.90. The zero-order valence-electron chi connectivity index (χ0n) is 15.2. The van der Waals surface area contributed by atoms with E-state index in [4.69, 9.17) is 4.74 Å². The predicted octanol–water partition coefficient (Wildman–Crippen LogP) is 1.87. The third-order valence-corrected chi connectivity index (χ3v) is 5.74. The first-order valence-corrected chi connectivity index (χ1v) is 10.1. The maximum absolute atomic E-state index is 12.2. The van der Waals surface area contributed by atoms with Crippen molar-refractivity contribution in [3.8, 4) is 0 Å². The molecule has 1 N–H and O–H groups in total. The number of amides is 1. The highest BCUT2D eigenvalue weighted by Gasteiger charge is 2.24. The van der Waals surface area contributed by atoms with Gasteiger partial charge in [0.15, 0.2) is 0 Å². The minimum atomic E-state index is 0.168. The van der Waals surface area contributed by atoms with E-state index in [1.807, 2.05) is 0 Å². The molecule has 2 atom stereocenters. The van der Waals surface area contributed by atoms with Crippen LogP contribution in [0.4, 0.5) is 0 Å². The van der Waals surface area contributed by atoms with Gasteiger partial charge in [0.2, 0.25) is 5.91 Å². The second-order valence-electron chi connectivity index (χ2n) is 7.90. The van der Waals surface area contributed by atoms with Gasteiger partial charge in [-0.25, -0.2) is 0 Å². The summed E-state index contributed by atoms with van der Waals surface area (Å²) in [4.78, 5) is 17.2. The lowest BCUT2D eigenvalue weighted by molar-refractivity contribution is -0.123. The molecule has 0 spiro atoms. The third kappa shape index (κ3) is 6.01. The molecule has 1 amide bonds. The smallest absolute Gasteiger partial charge is 0.234 e. The van der Waals surface area contributed by atoms with Crippen molar-refractivity contribution >= 4 is 5.91 Å². The van der Waals surface area contributed by atoms with E-state index in [0.29, 0.717) is 13.1 Å². The van der Waals surface area contributed by atoms with Gasteiger partial charge in [-0.05, 0) is 64.1 Å². The molecule has 3 aliphatic heterocycles. The molecule has 0 aromatic heterocycles. The molecule has 5 nitrogen and oxygen atoms in total. The van der Waals surface area contributed by atoms with Crippen LogP contribution in [0.2, 0.25) is 0 Å². The second kappa shape index (κ2) is 9.73. The summed E-state index contributed by atoms with van der Waals surface area (Å²) in [6, 6.07) is 0. The van der Waals surface area contributed by atoms with Crippen molar-refractivity contribution in [2.75, 3.05) is 52.4 Å². The number of piperidine rings is 1. The fourth-order valence-electron chi connectivity index (χ4n) is 4.42. The molecular formula is C19H35N3O2. The molecule has 3 saturated heterocycles. The molecule has 3 aliphatic rings. The van der Waals surface area contributed by atoms with Gasteiger partial charge in [0.1, 0.15) is 0 Å². The lowest BCUT2D eigenvalue weighted by Gasteiger charge is -2.35. The topological polar surface area (TPSA) is 44.8 Å². The molecule has 138 valence electrons. The van der Waals surface area contributed by atoms with E-state index in [9.17, 15) is 4.79 Å². The van der Waals surface area contributed by atoms with Crippen LogP contribution in [-0.2, 0) is 9.53 Å². The summed E-state index contributed by atoms with van der Waals surface area (Å²) >= 11 is 0. The molecular weight excluding hydrogens is 302 g/mol. The quantitative estimate of drug-likeness (QED) is 0.804. The van der Waals surface area contributed by atoms with Crippen LogP contribution >= 0.6 is 0 Å². The molecule has 3 fully saturated rings.